The van der Waals surface area contributed by atoms with Crippen molar-refractivity contribution in [2.75, 3.05) is 45.2 Å². The highest BCUT2D eigenvalue weighted by molar-refractivity contribution is 5.57. The van der Waals surface area contributed by atoms with Crippen molar-refractivity contribution in [3.05, 3.63) is 28.8 Å². The Balaban J connectivity index is 2.28. The average molecular weight is 261 g/mol. The second kappa shape index (κ2) is 5.93. The van der Waals surface area contributed by atoms with Crippen molar-refractivity contribution in [3.8, 4) is 0 Å². The van der Waals surface area contributed by atoms with Gasteiger partial charge in [-0.2, -0.15) is 0 Å². The van der Waals surface area contributed by atoms with Gasteiger partial charge in [-0.15, -0.1) is 0 Å². The SMILES string of the molecule is Cc1cc(C(C)N2CCNCC2)cc(N(C)C)c1C. The molecule has 1 aliphatic heterocycles. The Hall–Kier alpha value is -1.06. The monoisotopic (exact) mass is 261 g/mol. The van der Waals surface area contributed by atoms with E-state index < -0.39 is 0 Å². The third-order valence-corrected chi connectivity index (χ3v) is 4.33. The van der Waals surface area contributed by atoms with Crippen molar-refractivity contribution < 1.29 is 0 Å². The third kappa shape index (κ3) is 3.10. The number of hydrogen-bond donors (Lipinski definition) is 1. The molecule has 3 heteroatoms. The van der Waals surface area contributed by atoms with Gasteiger partial charge in [-0.1, -0.05) is 6.07 Å². The minimum Gasteiger partial charge on any atom is -0.377 e. The smallest absolute Gasteiger partial charge is 0.0396 e. The summed E-state index contributed by atoms with van der Waals surface area (Å²) in [6.07, 6.45) is 0. The summed E-state index contributed by atoms with van der Waals surface area (Å²) in [6.45, 7) is 11.3. The van der Waals surface area contributed by atoms with Crippen LogP contribution in [0.4, 0.5) is 5.69 Å². The molecule has 19 heavy (non-hydrogen) atoms. The number of benzene rings is 1. The van der Waals surface area contributed by atoms with Crippen LogP contribution in [-0.2, 0) is 0 Å². The van der Waals surface area contributed by atoms with Gasteiger partial charge in [0.05, 0.1) is 0 Å². The number of rotatable bonds is 3. The van der Waals surface area contributed by atoms with E-state index >= 15 is 0 Å². The van der Waals surface area contributed by atoms with Crippen LogP contribution in [-0.4, -0.2) is 45.2 Å². The van der Waals surface area contributed by atoms with Crippen molar-refractivity contribution in [2.24, 2.45) is 0 Å². The topological polar surface area (TPSA) is 18.5 Å². The molecule has 0 aliphatic carbocycles. The standard InChI is InChI=1S/C16H27N3/c1-12-10-15(11-16(13(12)2)18(4)5)14(3)19-8-6-17-7-9-19/h10-11,14,17H,6-9H2,1-5H3. The number of anilines is 1. The van der Waals surface area contributed by atoms with Crippen LogP contribution >= 0.6 is 0 Å². The Morgan fingerprint density at radius 2 is 1.79 bits per heavy atom. The van der Waals surface area contributed by atoms with Gasteiger partial charge in [-0.25, -0.2) is 0 Å². The number of nitrogens with zero attached hydrogens (tertiary/aromatic N) is 2. The summed E-state index contributed by atoms with van der Waals surface area (Å²) in [5, 5.41) is 3.42. The van der Waals surface area contributed by atoms with Gasteiger partial charge in [0.25, 0.3) is 0 Å². The highest BCUT2D eigenvalue weighted by atomic mass is 15.2. The van der Waals surface area contributed by atoms with Crippen LogP contribution in [0, 0.1) is 13.8 Å². The molecule has 3 nitrogen and oxygen atoms in total. The lowest BCUT2D eigenvalue weighted by atomic mass is 9.98. The second-order valence-corrected chi connectivity index (χ2v) is 5.84. The van der Waals surface area contributed by atoms with Gasteiger partial charge in [0.15, 0.2) is 0 Å². The number of aryl methyl sites for hydroxylation is 1. The molecule has 1 aromatic carbocycles. The lowest BCUT2D eigenvalue weighted by Gasteiger charge is -2.34. The van der Waals surface area contributed by atoms with Crippen LogP contribution in [0.5, 0.6) is 0 Å². The van der Waals surface area contributed by atoms with Crippen molar-refractivity contribution in [2.45, 2.75) is 26.8 Å². The zero-order valence-electron chi connectivity index (χ0n) is 13.0. The third-order valence-electron chi connectivity index (χ3n) is 4.33. The van der Waals surface area contributed by atoms with Gasteiger partial charge < -0.3 is 10.2 Å². The predicted molar refractivity (Wildman–Crippen MR) is 83.1 cm³/mol. The lowest BCUT2D eigenvalue weighted by molar-refractivity contribution is 0.185. The van der Waals surface area contributed by atoms with E-state index in [1.807, 2.05) is 0 Å². The maximum Gasteiger partial charge on any atom is 0.0396 e. The quantitative estimate of drug-likeness (QED) is 0.901. The van der Waals surface area contributed by atoms with E-state index in [-0.39, 0.29) is 0 Å². The first kappa shape index (κ1) is 14.4. The number of piperazine rings is 1. The molecule has 0 amide bonds. The zero-order chi connectivity index (χ0) is 14.0. The fraction of sp³-hybridized carbons (Fsp3) is 0.625. The molecule has 1 aromatic rings. The molecule has 1 aliphatic rings. The fourth-order valence-corrected chi connectivity index (χ4v) is 2.85. The van der Waals surface area contributed by atoms with Gasteiger partial charge >= 0.3 is 0 Å². The minimum absolute atomic E-state index is 0.500. The van der Waals surface area contributed by atoms with E-state index in [0.29, 0.717) is 6.04 Å². The molecule has 1 saturated heterocycles. The molecule has 0 aromatic heterocycles. The molecule has 0 spiro atoms. The Kier molecular flexibility index (Phi) is 4.48. The first-order chi connectivity index (χ1) is 9.00. The van der Waals surface area contributed by atoms with Gasteiger partial charge in [0.2, 0.25) is 0 Å². The van der Waals surface area contributed by atoms with Crippen molar-refractivity contribution >= 4 is 5.69 Å². The van der Waals surface area contributed by atoms with E-state index in [9.17, 15) is 0 Å². The number of hydrogen-bond acceptors (Lipinski definition) is 3. The Bertz CT molecular complexity index is 434. The Morgan fingerprint density at radius 3 is 2.37 bits per heavy atom. The molecule has 1 unspecified atom stereocenters. The van der Waals surface area contributed by atoms with Crippen molar-refractivity contribution in [1.82, 2.24) is 10.2 Å². The molecule has 1 N–H and O–H groups in total. The van der Waals surface area contributed by atoms with Gasteiger partial charge in [-0.05, 0) is 43.5 Å². The molecular formula is C16H27N3. The largest absolute Gasteiger partial charge is 0.377 e. The molecule has 1 heterocycles. The molecule has 1 atom stereocenters. The predicted octanol–water partition coefficient (Wildman–Crippen LogP) is 2.34. The normalized spacial score (nSPS) is 18.4. The average Bonchev–Trinajstić information content (AvgIpc) is 2.41. The Labute approximate surface area is 117 Å². The minimum atomic E-state index is 0.500. The van der Waals surface area contributed by atoms with E-state index in [0.717, 1.165) is 26.2 Å². The molecular weight excluding hydrogens is 234 g/mol. The summed E-state index contributed by atoms with van der Waals surface area (Å²) in [5.74, 6) is 0. The zero-order valence-corrected chi connectivity index (χ0v) is 13.0. The second-order valence-electron chi connectivity index (χ2n) is 5.84. The van der Waals surface area contributed by atoms with Crippen LogP contribution in [0.15, 0.2) is 12.1 Å². The van der Waals surface area contributed by atoms with Crippen molar-refractivity contribution in [1.29, 1.82) is 0 Å². The van der Waals surface area contributed by atoms with E-state index in [2.05, 4.69) is 62.1 Å². The number of nitrogens with one attached hydrogen (secondary N) is 1. The van der Waals surface area contributed by atoms with Gasteiger partial charge in [0.1, 0.15) is 0 Å². The molecule has 0 radical (unpaired) electrons. The first-order valence-electron chi connectivity index (χ1n) is 7.24. The van der Waals surface area contributed by atoms with Gasteiger partial charge in [0, 0.05) is 52.0 Å². The summed E-state index contributed by atoms with van der Waals surface area (Å²) in [7, 11) is 4.25. The highest BCUT2D eigenvalue weighted by Crippen LogP contribution is 2.29. The Morgan fingerprint density at radius 1 is 1.16 bits per heavy atom. The molecule has 106 valence electrons. The van der Waals surface area contributed by atoms with E-state index in [4.69, 9.17) is 0 Å². The highest BCUT2D eigenvalue weighted by Gasteiger charge is 2.19. The summed E-state index contributed by atoms with van der Waals surface area (Å²) in [5.41, 5.74) is 5.56. The van der Waals surface area contributed by atoms with Crippen LogP contribution in [0.3, 0.4) is 0 Å². The molecule has 2 rings (SSSR count). The van der Waals surface area contributed by atoms with Crippen molar-refractivity contribution in [3.63, 3.8) is 0 Å². The van der Waals surface area contributed by atoms with E-state index in [1.54, 1.807) is 0 Å². The summed E-state index contributed by atoms with van der Waals surface area (Å²) < 4.78 is 0. The summed E-state index contributed by atoms with van der Waals surface area (Å²) >= 11 is 0. The van der Waals surface area contributed by atoms with Crippen LogP contribution in [0.2, 0.25) is 0 Å². The van der Waals surface area contributed by atoms with Gasteiger partial charge in [-0.3, -0.25) is 4.90 Å². The summed E-state index contributed by atoms with van der Waals surface area (Å²) in [4.78, 5) is 4.79. The lowest BCUT2D eigenvalue weighted by Crippen LogP contribution is -2.44. The maximum absolute atomic E-state index is 3.42. The molecule has 0 bridgehead atoms. The molecule has 1 fully saturated rings. The summed E-state index contributed by atoms with van der Waals surface area (Å²) in [6, 6.07) is 5.21. The van der Waals surface area contributed by atoms with Crippen LogP contribution < -0.4 is 10.2 Å². The van der Waals surface area contributed by atoms with Crippen LogP contribution in [0.1, 0.15) is 29.7 Å². The van der Waals surface area contributed by atoms with Crippen LogP contribution in [0.25, 0.3) is 0 Å². The molecule has 0 saturated carbocycles. The first-order valence-corrected chi connectivity index (χ1v) is 7.24. The maximum atomic E-state index is 3.42. The van der Waals surface area contributed by atoms with E-state index in [1.165, 1.54) is 22.4 Å². The fourth-order valence-electron chi connectivity index (χ4n) is 2.85.